The number of methoxy groups -OCH3 is 2. The molecule has 2 aliphatic rings. The van der Waals surface area contributed by atoms with E-state index >= 15 is 0 Å². The van der Waals surface area contributed by atoms with Crippen molar-refractivity contribution in [2.45, 2.75) is 67.7 Å². The van der Waals surface area contributed by atoms with E-state index in [9.17, 15) is 20.1 Å². The Morgan fingerprint density at radius 2 is 1.66 bits per heavy atom. The van der Waals surface area contributed by atoms with Crippen molar-refractivity contribution in [1.29, 1.82) is 0 Å². The van der Waals surface area contributed by atoms with E-state index in [1.165, 1.54) is 14.2 Å². The topological polar surface area (TPSA) is 181 Å². The van der Waals surface area contributed by atoms with Gasteiger partial charge in [-0.2, -0.15) is 0 Å². The smallest absolute Gasteiger partial charge is 0.295 e. The van der Waals surface area contributed by atoms with Crippen molar-refractivity contribution >= 4 is 18.5 Å². The summed E-state index contributed by atoms with van der Waals surface area (Å²) in [5, 5.41) is 45.6. The number of carbonyl (C=O) groups excluding carboxylic acids is 1. The molecule has 14 nitrogen and oxygen atoms in total. The normalized spacial score (nSPS) is 43.1. The fraction of sp³-hybridized carbons (Fsp3) is 0.929. The van der Waals surface area contributed by atoms with Crippen molar-refractivity contribution in [3.05, 3.63) is 0 Å². The van der Waals surface area contributed by atoms with Crippen LogP contribution in [0.1, 0.15) is 6.92 Å². The first kappa shape index (κ1) is 24.6. The van der Waals surface area contributed by atoms with Gasteiger partial charge in [0.1, 0.15) is 18.3 Å². The summed E-state index contributed by atoms with van der Waals surface area (Å²) in [5.41, 5.74) is 0. The van der Waals surface area contributed by atoms with Crippen LogP contribution in [0, 0.1) is 0 Å². The molecule has 2 saturated heterocycles. The van der Waals surface area contributed by atoms with Crippen LogP contribution < -0.4 is 0 Å². The van der Waals surface area contributed by atoms with Crippen LogP contribution in [0.3, 0.4) is 0 Å². The Labute approximate surface area is 169 Å². The number of rotatable bonds is 10. The van der Waals surface area contributed by atoms with Gasteiger partial charge in [-0.05, 0) is 17.0 Å². The summed E-state index contributed by atoms with van der Waals surface area (Å²) in [7, 11) is 2.60. The average Bonchev–Trinajstić information content (AvgIpc) is 2.70. The van der Waals surface area contributed by atoms with Crippen LogP contribution in [-0.2, 0) is 47.6 Å². The number of ether oxygens (including phenoxy) is 6. The van der Waals surface area contributed by atoms with E-state index in [2.05, 4.69) is 14.4 Å². The van der Waals surface area contributed by atoms with Crippen LogP contribution in [0.2, 0.25) is 0 Å². The van der Waals surface area contributed by atoms with E-state index in [0.717, 1.165) is 0 Å². The molecule has 170 valence electrons. The Morgan fingerprint density at radius 1 is 0.931 bits per heavy atom. The quantitative estimate of drug-likeness (QED) is 0.0954. The highest BCUT2D eigenvalue weighted by molar-refractivity contribution is 7.95. The first-order valence-corrected chi connectivity index (χ1v) is 9.15. The fourth-order valence-electron chi connectivity index (χ4n) is 3.07. The lowest BCUT2D eigenvalue weighted by Gasteiger charge is -2.46. The molecule has 0 saturated carbocycles. The van der Waals surface area contributed by atoms with Crippen molar-refractivity contribution in [2.75, 3.05) is 14.2 Å². The van der Waals surface area contributed by atoms with E-state index in [-0.39, 0.29) is 6.47 Å². The van der Waals surface area contributed by atoms with Crippen LogP contribution >= 0.6 is 12.0 Å². The summed E-state index contributed by atoms with van der Waals surface area (Å²) in [6.45, 7) is 1.69. The minimum Gasteiger partial charge on any atom is -0.435 e. The predicted octanol–water partition coefficient (Wildman–Crippen LogP) is -1.91. The second-order valence-corrected chi connectivity index (χ2v) is 6.97. The molecule has 4 N–H and O–H groups in total. The molecule has 0 bridgehead atoms. The molecular weight excluding hydrogens is 424 g/mol. The first-order chi connectivity index (χ1) is 13.9. The van der Waals surface area contributed by atoms with Gasteiger partial charge >= 0.3 is 0 Å². The Balaban J connectivity index is 2.15. The van der Waals surface area contributed by atoms with Gasteiger partial charge in [0.25, 0.3) is 6.47 Å². The Morgan fingerprint density at radius 3 is 2.24 bits per heavy atom. The highest BCUT2D eigenvalue weighted by Gasteiger charge is 2.52. The highest BCUT2D eigenvalue weighted by Crippen LogP contribution is 2.35. The largest absolute Gasteiger partial charge is 0.435 e. The van der Waals surface area contributed by atoms with Gasteiger partial charge in [0.05, 0.1) is 17.5 Å². The Hall–Kier alpha value is -0.660. The lowest BCUT2D eigenvalue weighted by atomic mass is 10.0. The number of carbonyl (C=O) groups is 1. The predicted molar refractivity (Wildman–Crippen MR) is 88.1 cm³/mol. The second kappa shape index (κ2) is 11.7. The molecule has 2 fully saturated rings. The number of hydrogen-bond acceptors (Lipinski definition) is 15. The zero-order valence-corrected chi connectivity index (χ0v) is 16.4. The molecule has 0 amide bonds. The van der Waals surface area contributed by atoms with Crippen molar-refractivity contribution in [3.8, 4) is 0 Å². The van der Waals surface area contributed by atoms with E-state index in [1.807, 2.05) is 0 Å². The van der Waals surface area contributed by atoms with Crippen molar-refractivity contribution < 1.29 is 68.2 Å². The molecule has 0 aliphatic carbocycles. The van der Waals surface area contributed by atoms with Crippen molar-refractivity contribution in [3.63, 3.8) is 0 Å². The highest BCUT2D eigenvalue weighted by atomic mass is 32.2. The third kappa shape index (κ3) is 5.73. The molecule has 0 aromatic carbocycles. The number of hydrogen-bond donors (Lipinski definition) is 4. The van der Waals surface area contributed by atoms with Crippen LogP contribution in [0.4, 0.5) is 0 Å². The lowest BCUT2D eigenvalue weighted by Crippen LogP contribution is -2.63. The zero-order chi connectivity index (χ0) is 21.6. The van der Waals surface area contributed by atoms with Gasteiger partial charge < -0.3 is 43.7 Å². The maximum atomic E-state index is 10.8. The Bertz CT molecular complexity index is 499. The molecule has 0 radical (unpaired) electrons. The minimum absolute atomic E-state index is 0.0681. The summed E-state index contributed by atoms with van der Waals surface area (Å²) in [6.07, 6.45) is -11.5. The van der Waals surface area contributed by atoms with Crippen molar-refractivity contribution in [2.24, 2.45) is 0 Å². The maximum absolute atomic E-state index is 10.8. The first-order valence-electron chi connectivity index (χ1n) is 8.35. The van der Waals surface area contributed by atoms with Gasteiger partial charge in [0.2, 0.25) is 6.29 Å². The summed E-state index contributed by atoms with van der Waals surface area (Å²) in [5.74, 6) is 0. The summed E-state index contributed by atoms with van der Waals surface area (Å²) in [4.78, 5) is 10.8. The molecule has 29 heavy (non-hydrogen) atoms. The summed E-state index contributed by atoms with van der Waals surface area (Å²) < 4.78 is 35.9. The van der Waals surface area contributed by atoms with E-state index in [1.54, 1.807) is 6.92 Å². The number of aliphatic hydroxyl groups is 3. The third-order valence-corrected chi connectivity index (χ3v) is 5.35. The van der Waals surface area contributed by atoms with Gasteiger partial charge in [-0.1, -0.05) is 0 Å². The molecule has 2 heterocycles. The summed E-state index contributed by atoms with van der Waals surface area (Å²) in [6, 6.07) is 0. The van der Waals surface area contributed by atoms with Crippen LogP contribution in [0.15, 0.2) is 0 Å². The Kier molecular flexibility index (Phi) is 9.89. The second-order valence-electron chi connectivity index (χ2n) is 6.09. The molecule has 0 aromatic rings. The van der Waals surface area contributed by atoms with Crippen molar-refractivity contribution in [1.82, 2.24) is 0 Å². The molecule has 0 spiro atoms. The molecule has 2 aliphatic heterocycles. The van der Waals surface area contributed by atoms with Gasteiger partial charge in [0, 0.05) is 26.3 Å². The third-order valence-electron chi connectivity index (χ3n) is 4.45. The molecule has 10 unspecified atom stereocenters. The molecule has 0 aromatic heterocycles. The standard InChI is InChI=1S/C14H24O14S/c1-5-9(20-2)11(29-28-27-26-19)8(18)13(23-5)24-10-6(16)7(17)12(21-3)25-14(10)22-4-15/h4-14,16-19H,1-3H3. The zero-order valence-electron chi connectivity index (χ0n) is 15.6. The van der Waals surface area contributed by atoms with Gasteiger partial charge in [0.15, 0.2) is 18.7 Å². The molecule has 10 atom stereocenters. The van der Waals surface area contributed by atoms with Crippen LogP contribution in [-0.4, -0.2) is 102 Å². The molecule has 15 heteroatoms. The minimum atomic E-state index is -1.61. The van der Waals surface area contributed by atoms with E-state index in [0.29, 0.717) is 12.0 Å². The maximum Gasteiger partial charge on any atom is 0.295 e. The average molecular weight is 448 g/mol. The SMILES string of the molecule is COC1OC(OC=O)C(OC2OC(C)C(OC)C(SOOOO)C2O)C(O)C1O. The van der Waals surface area contributed by atoms with Gasteiger partial charge in [-0.25, -0.2) is 5.26 Å². The van der Waals surface area contributed by atoms with Gasteiger partial charge in [-0.15, -0.1) is 4.33 Å². The monoisotopic (exact) mass is 448 g/mol. The number of aliphatic hydroxyl groups excluding tert-OH is 3. The van der Waals surface area contributed by atoms with E-state index in [4.69, 9.17) is 33.7 Å². The van der Waals surface area contributed by atoms with Gasteiger partial charge in [-0.3, -0.25) is 4.79 Å². The van der Waals surface area contributed by atoms with E-state index < -0.39 is 60.7 Å². The summed E-state index contributed by atoms with van der Waals surface area (Å²) >= 11 is 0.556. The fourth-order valence-corrected chi connectivity index (χ4v) is 3.91. The van der Waals surface area contributed by atoms with Crippen LogP contribution in [0.5, 0.6) is 0 Å². The van der Waals surface area contributed by atoms with Crippen LogP contribution in [0.25, 0.3) is 0 Å². The lowest BCUT2D eigenvalue weighted by molar-refractivity contribution is -0.591. The molecule has 2 rings (SSSR count). The molecular formula is C14H24O14S.